The number of allylic oxidation sites excluding steroid dienone is 1. The van der Waals surface area contributed by atoms with Gasteiger partial charge in [-0.3, -0.25) is 14.8 Å². The molecule has 1 amide bonds. The van der Waals surface area contributed by atoms with Gasteiger partial charge in [0.1, 0.15) is 11.5 Å². The summed E-state index contributed by atoms with van der Waals surface area (Å²) in [6, 6.07) is 6.36. The number of primary amides is 1. The average molecular weight is 398 g/mol. The van der Waals surface area contributed by atoms with Gasteiger partial charge in [0.2, 0.25) is 5.91 Å². The van der Waals surface area contributed by atoms with Crippen molar-refractivity contribution >= 4 is 29.8 Å². The van der Waals surface area contributed by atoms with Crippen LogP contribution in [0.4, 0.5) is 11.5 Å². The summed E-state index contributed by atoms with van der Waals surface area (Å²) in [5.74, 6) is 1.52. The second-order valence-electron chi connectivity index (χ2n) is 8.53. The molecule has 2 aliphatic heterocycles. The van der Waals surface area contributed by atoms with Crippen molar-refractivity contribution in [1.29, 1.82) is 0 Å². The van der Waals surface area contributed by atoms with Crippen molar-refractivity contribution in [2.75, 3.05) is 5.32 Å². The van der Waals surface area contributed by atoms with Gasteiger partial charge in [-0.15, -0.1) is 0 Å². The normalized spacial score (nSPS) is 26.9. The number of nitrogens with zero attached hydrogens (tertiary/aromatic N) is 4. The van der Waals surface area contributed by atoms with Crippen molar-refractivity contribution < 1.29 is 4.79 Å². The largest absolute Gasteiger partial charge is 0.369 e. The molecular weight excluding hydrogens is 376 g/mol. The van der Waals surface area contributed by atoms with Crippen LogP contribution in [0.25, 0.3) is 0 Å². The zero-order valence-electron chi connectivity index (χ0n) is 16.5. The van der Waals surface area contributed by atoms with Gasteiger partial charge in [-0.2, -0.15) is 0 Å². The molecule has 6 rings (SSSR count). The monoisotopic (exact) mass is 398 g/mol. The lowest BCUT2D eigenvalue weighted by Gasteiger charge is -2.27. The second kappa shape index (κ2) is 6.58. The van der Waals surface area contributed by atoms with E-state index in [1.807, 2.05) is 12.4 Å². The zero-order valence-corrected chi connectivity index (χ0v) is 16.5. The van der Waals surface area contributed by atoms with Crippen LogP contribution in [0, 0.1) is 17.8 Å². The topological polar surface area (TPSA) is 106 Å². The lowest BCUT2D eigenvalue weighted by Crippen LogP contribution is -2.41. The number of carbonyl (C=O) groups is 1. The number of nitrogens with two attached hydrogens (primary N) is 1. The van der Waals surface area contributed by atoms with Gasteiger partial charge in [0.15, 0.2) is 5.82 Å². The highest BCUT2D eigenvalue weighted by atomic mass is 16.1. The van der Waals surface area contributed by atoms with E-state index in [1.165, 1.54) is 16.7 Å². The lowest BCUT2D eigenvalue weighted by molar-refractivity contribution is -0.122. The van der Waals surface area contributed by atoms with E-state index >= 15 is 0 Å². The number of hydrogen-bond acceptors (Lipinski definition) is 6. The fourth-order valence-electron chi connectivity index (χ4n) is 5.26. The maximum atomic E-state index is 12.1. The van der Waals surface area contributed by atoms with Gasteiger partial charge in [0.05, 0.1) is 18.2 Å². The van der Waals surface area contributed by atoms with E-state index in [9.17, 15) is 4.79 Å². The molecule has 30 heavy (non-hydrogen) atoms. The molecule has 4 unspecified atom stereocenters. The van der Waals surface area contributed by atoms with Crippen LogP contribution in [0.3, 0.4) is 0 Å². The minimum absolute atomic E-state index is 0.0442. The number of benzene rings is 1. The Morgan fingerprint density at radius 2 is 2.10 bits per heavy atom. The van der Waals surface area contributed by atoms with Crippen molar-refractivity contribution in [3.8, 4) is 0 Å². The highest BCUT2D eigenvalue weighted by molar-refractivity contribution is 5.84. The molecule has 7 heteroatoms. The molecule has 2 bridgehead atoms. The summed E-state index contributed by atoms with van der Waals surface area (Å²) in [5.41, 5.74) is 11.1. The molecule has 0 radical (unpaired) electrons. The maximum absolute atomic E-state index is 12.1. The van der Waals surface area contributed by atoms with Crippen molar-refractivity contribution in [3.63, 3.8) is 0 Å². The van der Waals surface area contributed by atoms with Gasteiger partial charge in [-0.25, -0.2) is 9.97 Å². The number of amides is 1. The number of hydrogen-bond donors (Lipinski definition) is 2. The Bertz CT molecular complexity index is 1150. The SMILES string of the molecule is NC(=O)C1C2C=CC(C2)C1Nc1nc(Cc2ccc3c(c2)CN=C3)nc2c1N=CC2. The predicted molar refractivity (Wildman–Crippen MR) is 115 cm³/mol. The lowest BCUT2D eigenvalue weighted by atomic mass is 9.88. The molecule has 1 saturated carbocycles. The van der Waals surface area contributed by atoms with Gasteiger partial charge in [-0.1, -0.05) is 30.4 Å². The summed E-state index contributed by atoms with van der Waals surface area (Å²) in [4.78, 5) is 30.5. The Labute approximate surface area is 174 Å². The predicted octanol–water partition coefficient (Wildman–Crippen LogP) is 2.35. The van der Waals surface area contributed by atoms with E-state index < -0.39 is 0 Å². The smallest absolute Gasteiger partial charge is 0.223 e. The van der Waals surface area contributed by atoms with Crippen LogP contribution in [0.1, 0.15) is 34.6 Å². The molecule has 1 aromatic heterocycles. The van der Waals surface area contributed by atoms with Crippen LogP contribution >= 0.6 is 0 Å². The molecule has 3 N–H and O–H groups in total. The van der Waals surface area contributed by atoms with Gasteiger partial charge in [0, 0.05) is 31.3 Å². The highest BCUT2D eigenvalue weighted by Crippen LogP contribution is 2.45. The van der Waals surface area contributed by atoms with Crippen LogP contribution in [0.15, 0.2) is 40.3 Å². The Morgan fingerprint density at radius 1 is 1.20 bits per heavy atom. The Balaban J connectivity index is 1.31. The summed E-state index contributed by atoms with van der Waals surface area (Å²) in [6.45, 7) is 0.737. The summed E-state index contributed by atoms with van der Waals surface area (Å²) >= 11 is 0. The van der Waals surface area contributed by atoms with Crippen molar-refractivity contribution in [2.24, 2.45) is 33.5 Å². The third-order valence-corrected chi connectivity index (χ3v) is 6.66. The molecule has 4 atom stereocenters. The molecule has 4 aliphatic rings. The fourth-order valence-corrected chi connectivity index (χ4v) is 5.26. The third kappa shape index (κ3) is 2.76. The summed E-state index contributed by atoms with van der Waals surface area (Å²) in [7, 11) is 0. The van der Waals surface area contributed by atoms with Crippen LogP contribution in [0.5, 0.6) is 0 Å². The second-order valence-corrected chi connectivity index (χ2v) is 8.53. The minimum atomic E-state index is -0.251. The molecule has 1 aromatic carbocycles. The molecule has 150 valence electrons. The highest BCUT2D eigenvalue weighted by Gasteiger charge is 2.47. The first-order chi connectivity index (χ1) is 14.7. The molecule has 1 fully saturated rings. The molecule has 2 aromatic rings. The summed E-state index contributed by atoms with van der Waals surface area (Å²) < 4.78 is 0. The van der Waals surface area contributed by atoms with E-state index in [0.29, 0.717) is 24.6 Å². The van der Waals surface area contributed by atoms with Crippen LogP contribution in [-0.2, 0) is 24.2 Å². The molecular formula is C23H22N6O. The molecule has 0 saturated heterocycles. The zero-order chi connectivity index (χ0) is 20.2. The van der Waals surface area contributed by atoms with Crippen molar-refractivity contribution in [3.05, 3.63) is 58.6 Å². The van der Waals surface area contributed by atoms with Crippen LogP contribution in [0.2, 0.25) is 0 Å². The summed E-state index contributed by atoms with van der Waals surface area (Å²) in [6.07, 6.45) is 10.4. The van der Waals surface area contributed by atoms with Gasteiger partial charge in [0.25, 0.3) is 0 Å². The molecule has 0 spiro atoms. The van der Waals surface area contributed by atoms with Crippen molar-refractivity contribution in [2.45, 2.75) is 31.8 Å². The van der Waals surface area contributed by atoms with E-state index in [0.717, 1.165) is 30.2 Å². The number of nitrogens with one attached hydrogen (secondary N) is 1. The Hall–Kier alpha value is -3.35. The molecule has 3 heterocycles. The van der Waals surface area contributed by atoms with E-state index in [2.05, 4.69) is 45.7 Å². The fraction of sp³-hybridized carbons (Fsp3) is 0.348. The number of aromatic nitrogens is 2. The third-order valence-electron chi connectivity index (χ3n) is 6.66. The van der Waals surface area contributed by atoms with Gasteiger partial charge < -0.3 is 11.1 Å². The minimum Gasteiger partial charge on any atom is -0.369 e. The quantitative estimate of drug-likeness (QED) is 0.754. The van der Waals surface area contributed by atoms with Crippen molar-refractivity contribution in [1.82, 2.24) is 9.97 Å². The number of fused-ring (bicyclic) bond motifs is 4. The standard InChI is InChI=1S/C23H22N6O/c24-22(30)19-13-3-4-14(9-13)20(19)29-23-21-17(5-6-26-21)27-18(28-23)8-12-1-2-15-10-25-11-16(15)7-12/h1-4,6-7,10,13-14,19-20H,5,8-9,11H2,(H2,24,30)(H,27,28,29). The van der Waals surface area contributed by atoms with E-state index in [1.54, 1.807) is 0 Å². The first kappa shape index (κ1) is 17.5. The number of rotatable bonds is 5. The van der Waals surface area contributed by atoms with Crippen LogP contribution < -0.4 is 11.1 Å². The van der Waals surface area contributed by atoms with Gasteiger partial charge in [-0.05, 0) is 34.9 Å². The maximum Gasteiger partial charge on any atom is 0.223 e. The molecule has 2 aliphatic carbocycles. The average Bonchev–Trinajstić information content (AvgIpc) is 3.50. The first-order valence-electron chi connectivity index (χ1n) is 10.4. The number of aliphatic imine (C=N–C) groups is 2. The molecule has 7 nitrogen and oxygen atoms in total. The number of anilines is 1. The number of carbonyl (C=O) groups excluding carboxylic acids is 1. The van der Waals surface area contributed by atoms with E-state index in [-0.39, 0.29) is 23.8 Å². The van der Waals surface area contributed by atoms with E-state index in [4.69, 9.17) is 15.7 Å². The van der Waals surface area contributed by atoms with Gasteiger partial charge >= 0.3 is 0 Å². The Morgan fingerprint density at radius 3 is 3.00 bits per heavy atom. The van der Waals surface area contributed by atoms with Crippen LogP contribution in [-0.4, -0.2) is 34.3 Å². The first-order valence-corrected chi connectivity index (χ1v) is 10.4. The summed E-state index contributed by atoms with van der Waals surface area (Å²) in [5, 5.41) is 3.53. The Kier molecular flexibility index (Phi) is 3.84.